The molecule has 27 heavy (non-hydrogen) atoms. The summed E-state index contributed by atoms with van der Waals surface area (Å²) in [5, 5.41) is 2.99. The second-order valence-electron chi connectivity index (χ2n) is 5.85. The molecule has 1 heterocycles. The van der Waals surface area contributed by atoms with Gasteiger partial charge in [0.05, 0.1) is 18.8 Å². The molecule has 0 unspecified atom stereocenters. The number of methoxy groups -OCH3 is 1. The Balaban J connectivity index is 0.00000261. The lowest BCUT2D eigenvalue weighted by Crippen LogP contribution is -2.26. The standard InChI is InChI=1S/C20H20N4O2.CH4/c1-13(16-4-3-5-17(12-16)26-2)23-19(25)15-8-6-14(7-9-15)18-10-11-22-20(21)24-18;/h3-13H,1-2H3,(H,23,25)(H2,21,22,24);1H4/t13-;/m1./s1. The third-order valence-electron chi connectivity index (χ3n) is 4.06. The van der Waals surface area contributed by atoms with Crippen molar-refractivity contribution in [2.24, 2.45) is 0 Å². The molecule has 0 saturated carbocycles. The van der Waals surface area contributed by atoms with E-state index in [1.807, 2.05) is 43.3 Å². The molecule has 2 aromatic carbocycles. The van der Waals surface area contributed by atoms with Crippen LogP contribution in [-0.2, 0) is 0 Å². The van der Waals surface area contributed by atoms with Crippen LogP contribution >= 0.6 is 0 Å². The summed E-state index contributed by atoms with van der Waals surface area (Å²) in [6, 6.07) is 16.5. The molecule has 0 fully saturated rings. The first-order chi connectivity index (χ1) is 12.6. The van der Waals surface area contributed by atoms with E-state index < -0.39 is 0 Å². The van der Waals surface area contributed by atoms with Gasteiger partial charge in [-0.3, -0.25) is 4.79 Å². The molecule has 3 aromatic rings. The molecule has 0 radical (unpaired) electrons. The molecule has 0 spiro atoms. The molecule has 6 heteroatoms. The van der Waals surface area contributed by atoms with E-state index in [0.717, 1.165) is 16.9 Å². The number of anilines is 1. The summed E-state index contributed by atoms with van der Waals surface area (Å²) >= 11 is 0. The van der Waals surface area contributed by atoms with Gasteiger partial charge in [0.1, 0.15) is 5.75 Å². The monoisotopic (exact) mass is 364 g/mol. The molecule has 3 rings (SSSR count). The first-order valence-electron chi connectivity index (χ1n) is 8.20. The van der Waals surface area contributed by atoms with Gasteiger partial charge in [0.25, 0.3) is 5.91 Å². The summed E-state index contributed by atoms with van der Waals surface area (Å²) in [6.45, 7) is 1.94. The fraction of sp³-hybridized carbons (Fsp3) is 0.190. The van der Waals surface area contributed by atoms with Gasteiger partial charge in [-0.15, -0.1) is 0 Å². The number of nitrogens with two attached hydrogens (primary N) is 1. The first kappa shape index (κ1) is 19.9. The van der Waals surface area contributed by atoms with Crippen LogP contribution in [-0.4, -0.2) is 23.0 Å². The quantitative estimate of drug-likeness (QED) is 0.717. The second-order valence-corrected chi connectivity index (χ2v) is 5.85. The molecule has 6 nitrogen and oxygen atoms in total. The fourth-order valence-corrected chi connectivity index (χ4v) is 2.60. The van der Waals surface area contributed by atoms with E-state index in [0.29, 0.717) is 11.3 Å². The van der Waals surface area contributed by atoms with E-state index in [1.54, 1.807) is 31.5 Å². The fourth-order valence-electron chi connectivity index (χ4n) is 2.60. The number of aromatic nitrogens is 2. The second kappa shape index (κ2) is 8.80. The van der Waals surface area contributed by atoms with E-state index in [-0.39, 0.29) is 25.3 Å². The number of hydrogen-bond acceptors (Lipinski definition) is 5. The van der Waals surface area contributed by atoms with Crippen molar-refractivity contribution in [2.45, 2.75) is 20.4 Å². The van der Waals surface area contributed by atoms with Gasteiger partial charge < -0.3 is 15.8 Å². The summed E-state index contributed by atoms with van der Waals surface area (Å²) < 4.78 is 5.23. The highest BCUT2D eigenvalue weighted by atomic mass is 16.5. The van der Waals surface area contributed by atoms with Gasteiger partial charge in [-0.1, -0.05) is 31.7 Å². The van der Waals surface area contributed by atoms with E-state index >= 15 is 0 Å². The molecule has 1 aromatic heterocycles. The molecule has 0 aliphatic carbocycles. The Hall–Kier alpha value is -3.41. The van der Waals surface area contributed by atoms with Crippen LogP contribution in [0.25, 0.3) is 11.3 Å². The van der Waals surface area contributed by atoms with E-state index in [2.05, 4.69) is 15.3 Å². The summed E-state index contributed by atoms with van der Waals surface area (Å²) in [4.78, 5) is 20.6. The lowest BCUT2D eigenvalue weighted by atomic mass is 10.1. The number of carbonyl (C=O) groups is 1. The number of carbonyl (C=O) groups excluding carboxylic acids is 1. The van der Waals surface area contributed by atoms with Gasteiger partial charge in [0, 0.05) is 17.3 Å². The summed E-state index contributed by atoms with van der Waals surface area (Å²) in [5.41, 5.74) is 8.75. The van der Waals surface area contributed by atoms with Gasteiger partial charge in [0.2, 0.25) is 5.95 Å². The summed E-state index contributed by atoms with van der Waals surface area (Å²) in [5.74, 6) is 0.836. The maximum absolute atomic E-state index is 12.5. The SMILES string of the molecule is C.COc1cccc([C@@H](C)NC(=O)c2ccc(-c3ccnc(N)n3)cc2)c1. The maximum Gasteiger partial charge on any atom is 0.251 e. The molecule has 0 saturated heterocycles. The lowest BCUT2D eigenvalue weighted by molar-refractivity contribution is 0.0940. The van der Waals surface area contributed by atoms with E-state index in [4.69, 9.17) is 10.5 Å². The zero-order chi connectivity index (χ0) is 18.5. The van der Waals surface area contributed by atoms with Crippen molar-refractivity contribution in [3.63, 3.8) is 0 Å². The average molecular weight is 364 g/mol. The van der Waals surface area contributed by atoms with Crippen LogP contribution in [0.3, 0.4) is 0 Å². The Kier molecular flexibility index (Phi) is 6.49. The number of amides is 1. The zero-order valence-corrected chi connectivity index (χ0v) is 14.6. The molecule has 0 bridgehead atoms. The van der Waals surface area contributed by atoms with Crippen molar-refractivity contribution in [1.82, 2.24) is 15.3 Å². The predicted octanol–water partition coefficient (Wildman–Crippen LogP) is 3.86. The number of nitrogens with zero attached hydrogens (tertiary/aromatic N) is 2. The van der Waals surface area contributed by atoms with Crippen LogP contribution in [0, 0.1) is 0 Å². The minimum absolute atomic E-state index is 0. The molecule has 140 valence electrons. The van der Waals surface area contributed by atoms with Gasteiger partial charge >= 0.3 is 0 Å². The molecule has 1 amide bonds. The molecule has 0 aliphatic heterocycles. The van der Waals surface area contributed by atoms with Crippen LogP contribution in [0.2, 0.25) is 0 Å². The Morgan fingerprint density at radius 3 is 2.56 bits per heavy atom. The summed E-state index contributed by atoms with van der Waals surface area (Å²) in [7, 11) is 1.62. The highest BCUT2D eigenvalue weighted by Crippen LogP contribution is 2.20. The van der Waals surface area contributed by atoms with Crippen LogP contribution < -0.4 is 15.8 Å². The average Bonchev–Trinajstić information content (AvgIpc) is 2.68. The number of hydrogen-bond donors (Lipinski definition) is 2. The Morgan fingerprint density at radius 1 is 1.15 bits per heavy atom. The highest BCUT2D eigenvalue weighted by Gasteiger charge is 2.12. The van der Waals surface area contributed by atoms with Crippen LogP contribution in [0.15, 0.2) is 60.8 Å². The molecular formula is C21H24N4O2. The van der Waals surface area contributed by atoms with Crippen LogP contribution in [0.5, 0.6) is 5.75 Å². The Bertz CT molecular complexity index is 910. The minimum Gasteiger partial charge on any atom is -0.497 e. The molecule has 3 N–H and O–H groups in total. The largest absolute Gasteiger partial charge is 0.497 e. The zero-order valence-electron chi connectivity index (χ0n) is 14.6. The van der Waals surface area contributed by atoms with Crippen LogP contribution in [0.4, 0.5) is 5.95 Å². The lowest BCUT2D eigenvalue weighted by Gasteiger charge is -2.15. The van der Waals surface area contributed by atoms with Crippen molar-refractivity contribution in [2.75, 3.05) is 12.8 Å². The van der Waals surface area contributed by atoms with Gasteiger partial charge in [-0.05, 0) is 42.8 Å². The maximum atomic E-state index is 12.5. The number of benzene rings is 2. The van der Waals surface area contributed by atoms with Crippen molar-refractivity contribution in [3.8, 4) is 17.0 Å². The number of nitrogens with one attached hydrogen (secondary N) is 1. The van der Waals surface area contributed by atoms with Gasteiger partial charge in [-0.2, -0.15) is 0 Å². The predicted molar refractivity (Wildman–Crippen MR) is 107 cm³/mol. The summed E-state index contributed by atoms with van der Waals surface area (Å²) in [6.07, 6.45) is 1.61. The smallest absolute Gasteiger partial charge is 0.251 e. The third-order valence-corrected chi connectivity index (χ3v) is 4.06. The van der Waals surface area contributed by atoms with E-state index in [1.165, 1.54) is 0 Å². The molecule has 0 aliphatic rings. The topological polar surface area (TPSA) is 90.1 Å². The first-order valence-corrected chi connectivity index (χ1v) is 8.20. The van der Waals surface area contributed by atoms with Gasteiger partial charge in [-0.25, -0.2) is 9.97 Å². The Morgan fingerprint density at radius 2 is 1.89 bits per heavy atom. The van der Waals surface area contributed by atoms with Crippen LogP contribution in [0.1, 0.15) is 36.3 Å². The van der Waals surface area contributed by atoms with Crippen molar-refractivity contribution >= 4 is 11.9 Å². The number of rotatable bonds is 5. The third kappa shape index (κ3) is 4.82. The normalized spacial score (nSPS) is 11.2. The van der Waals surface area contributed by atoms with E-state index in [9.17, 15) is 4.79 Å². The minimum atomic E-state index is -0.144. The Labute approximate surface area is 159 Å². The number of ether oxygens (including phenoxy) is 1. The van der Waals surface area contributed by atoms with Crippen molar-refractivity contribution < 1.29 is 9.53 Å². The van der Waals surface area contributed by atoms with Gasteiger partial charge in [0.15, 0.2) is 0 Å². The number of nitrogen functional groups attached to an aromatic ring is 1. The highest BCUT2D eigenvalue weighted by molar-refractivity contribution is 5.94. The molecular weight excluding hydrogens is 340 g/mol. The van der Waals surface area contributed by atoms with Crippen molar-refractivity contribution in [3.05, 3.63) is 71.9 Å². The van der Waals surface area contributed by atoms with Crippen molar-refractivity contribution in [1.29, 1.82) is 0 Å². The molecule has 1 atom stereocenters.